The summed E-state index contributed by atoms with van der Waals surface area (Å²) in [7, 11) is -3.71. The molecule has 0 spiro atoms. The average molecular weight is 260 g/mol. The third kappa shape index (κ3) is 2.42. The molecule has 0 unspecified atom stereocenters. The highest BCUT2D eigenvalue weighted by atomic mass is 32.2. The fourth-order valence-electron chi connectivity index (χ4n) is 1.24. The van der Waals surface area contributed by atoms with Crippen molar-refractivity contribution >= 4 is 27.3 Å². The summed E-state index contributed by atoms with van der Waals surface area (Å²) in [5.41, 5.74) is 0.239. The van der Waals surface area contributed by atoms with Crippen LogP contribution in [0.4, 0.5) is 0 Å². The molecule has 5 nitrogen and oxygen atoms in total. The standard InChI is InChI=1S/C9H12N2O3S2/c1-9(2-3-9)11-8(12)6-4-7(15-5-6)16(10,13)14/h4-5H,2-3H2,1H3,(H,11,12)(H2,10,13,14). The minimum Gasteiger partial charge on any atom is -0.347 e. The monoisotopic (exact) mass is 260 g/mol. The lowest BCUT2D eigenvalue weighted by molar-refractivity contribution is 0.0936. The number of amides is 1. The average Bonchev–Trinajstić information content (AvgIpc) is 2.68. The van der Waals surface area contributed by atoms with Crippen LogP contribution in [0.5, 0.6) is 0 Å². The van der Waals surface area contributed by atoms with E-state index in [1.165, 1.54) is 11.4 Å². The van der Waals surface area contributed by atoms with Gasteiger partial charge >= 0.3 is 0 Å². The third-order valence-electron chi connectivity index (χ3n) is 2.53. The molecule has 1 aliphatic carbocycles. The van der Waals surface area contributed by atoms with Crippen molar-refractivity contribution in [3.8, 4) is 0 Å². The van der Waals surface area contributed by atoms with Crippen LogP contribution in [0.15, 0.2) is 15.7 Å². The molecule has 0 radical (unpaired) electrons. The number of sulfonamides is 1. The summed E-state index contributed by atoms with van der Waals surface area (Å²) in [6, 6.07) is 1.31. The summed E-state index contributed by atoms with van der Waals surface area (Å²) in [5, 5.41) is 9.30. The van der Waals surface area contributed by atoms with Gasteiger partial charge in [0, 0.05) is 10.9 Å². The van der Waals surface area contributed by atoms with Crippen LogP contribution in [0, 0.1) is 0 Å². The van der Waals surface area contributed by atoms with Crippen molar-refractivity contribution in [3.63, 3.8) is 0 Å². The predicted molar refractivity (Wildman–Crippen MR) is 60.8 cm³/mol. The van der Waals surface area contributed by atoms with Gasteiger partial charge in [-0.3, -0.25) is 4.79 Å². The van der Waals surface area contributed by atoms with Crippen molar-refractivity contribution < 1.29 is 13.2 Å². The molecule has 16 heavy (non-hydrogen) atoms. The highest BCUT2D eigenvalue weighted by Gasteiger charge is 2.39. The molecule has 1 aliphatic rings. The summed E-state index contributed by atoms with van der Waals surface area (Å²) >= 11 is 0.957. The summed E-state index contributed by atoms with van der Waals surface area (Å²) < 4.78 is 22.1. The van der Waals surface area contributed by atoms with Crippen LogP contribution in [0.3, 0.4) is 0 Å². The topological polar surface area (TPSA) is 89.3 Å². The van der Waals surface area contributed by atoms with Crippen LogP contribution in [0.25, 0.3) is 0 Å². The molecular weight excluding hydrogens is 248 g/mol. The van der Waals surface area contributed by atoms with E-state index in [9.17, 15) is 13.2 Å². The molecule has 1 aromatic heterocycles. The first-order valence-corrected chi connectivity index (χ1v) is 7.17. The Morgan fingerprint density at radius 1 is 1.56 bits per heavy atom. The van der Waals surface area contributed by atoms with E-state index in [1.54, 1.807) is 0 Å². The number of hydrogen-bond acceptors (Lipinski definition) is 4. The number of carbonyl (C=O) groups is 1. The molecule has 7 heteroatoms. The maximum Gasteiger partial charge on any atom is 0.252 e. The predicted octanol–water partition coefficient (Wildman–Crippen LogP) is 0.678. The third-order valence-corrected chi connectivity index (χ3v) is 4.92. The van der Waals surface area contributed by atoms with E-state index in [0.29, 0.717) is 5.56 Å². The minimum atomic E-state index is -3.71. The zero-order valence-corrected chi connectivity index (χ0v) is 10.3. The van der Waals surface area contributed by atoms with Crippen molar-refractivity contribution in [3.05, 3.63) is 17.0 Å². The Labute approximate surface area is 97.7 Å². The zero-order chi connectivity index (χ0) is 12.0. The lowest BCUT2D eigenvalue weighted by Crippen LogP contribution is -2.33. The molecule has 0 bridgehead atoms. The Bertz CT molecular complexity index is 529. The molecule has 1 saturated carbocycles. The van der Waals surface area contributed by atoms with E-state index >= 15 is 0 Å². The Hall–Kier alpha value is -0.920. The van der Waals surface area contributed by atoms with Crippen LogP contribution in [0.2, 0.25) is 0 Å². The molecule has 1 fully saturated rings. The SMILES string of the molecule is CC1(NC(=O)c2csc(S(N)(=O)=O)c2)CC1. The maximum atomic E-state index is 11.7. The molecule has 1 aromatic rings. The summed E-state index contributed by atoms with van der Waals surface area (Å²) in [6.45, 7) is 1.96. The number of nitrogens with two attached hydrogens (primary N) is 1. The van der Waals surface area contributed by atoms with E-state index in [1.807, 2.05) is 6.92 Å². The smallest absolute Gasteiger partial charge is 0.252 e. The van der Waals surface area contributed by atoms with Gasteiger partial charge in [-0.1, -0.05) is 0 Å². The molecule has 2 rings (SSSR count). The Morgan fingerprint density at radius 3 is 2.62 bits per heavy atom. The largest absolute Gasteiger partial charge is 0.347 e. The number of primary sulfonamides is 1. The van der Waals surface area contributed by atoms with Gasteiger partial charge < -0.3 is 5.32 Å². The second-order valence-corrected chi connectivity index (χ2v) is 6.91. The Morgan fingerprint density at radius 2 is 2.19 bits per heavy atom. The van der Waals surface area contributed by atoms with Crippen LogP contribution >= 0.6 is 11.3 Å². The van der Waals surface area contributed by atoms with Gasteiger partial charge in [-0.2, -0.15) is 0 Å². The second kappa shape index (κ2) is 3.54. The lowest BCUT2D eigenvalue weighted by atomic mass is 10.2. The van der Waals surface area contributed by atoms with Gasteiger partial charge in [-0.15, -0.1) is 11.3 Å². The van der Waals surface area contributed by atoms with Crippen molar-refractivity contribution in [1.82, 2.24) is 5.32 Å². The van der Waals surface area contributed by atoms with E-state index in [4.69, 9.17) is 5.14 Å². The highest BCUT2D eigenvalue weighted by molar-refractivity contribution is 7.91. The van der Waals surface area contributed by atoms with Crippen LogP contribution in [0.1, 0.15) is 30.1 Å². The number of nitrogens with one attached hydrogen (secondary N) is 1. The summed E-state index contributed by atoms with van der Waals surface area (Å²) in [4.78, 5) is 11.7. The fraction of sp³-hybridized carbons (Fsp3) is 0.444. The Kier molecular flexibility index (Phi) is 2.56. The van der Waals surface area contributed by atoms with E-state index in [-0.39, 0.29) is 15.7 Å². The van der Waals surface area contributed by atoms with Crippen LogP contribution in [-0.4, -0.2) is 19.9 Å². The summed E-state index contributed by atoms with van der Waals surface area (Å²) in [5.74, 6) is -0.244. The fourth-order valence-corrected chi connectivity index (χ4v) is 2.83. The first kappa shape index (κ1) is 11.6. The number of hydrogen-bond donors (Lipinski definition) is 2. The number of rotatable bonds is 3. The van der Waals surface area contributed by atoms with Gasteiger partial charge in [0.1, 0.15) is 4.21 Å². The molecule has 3 N–H and O–H groups in total. The van der Waals surface area contributed by atoms with E-state index < -0.39 is 10.0 Å². The van der Waals surface area contributed by atoms with Crippen molar-refractivity contribution in [2.45, 2.75) is 29.5 Å². The van der Waals surface area contributed by atoms with Gasteiger partial charge in [0.2, 0.25) is 10.0 Å². The normalized spacial score (nSPS) is 18.1. The van der Waals surface area contributed by atoms with Crippen molar-refractivity contribution in [1.29, 1.82) is 0 Å². The first-order valence-electron chi connectivity index (χ1n) is 4.74. The number of carbonyl (C=O) groups excluding carboxylic acids is 1. The maximum absolute atomic E-state index is 11.7. The molecule has 1 heterocycles. The Balaban J connectivity index is 2.16. The molecule has 0 aromatic carbocycles. The molecule has 88 valence electrons. The zero-order valence-electron chi connectivity index (χ0n) is 8.69. The van der Waals surface area contributed by atoms with Gasteiger partial charge in [0.15, 0.2) is 0 Å². The van der Waals surface area contributed by atoms with E-state index in [0.717, 1.165) is 24.2 Å². The lowest BCUT2D eigenvalue weighted by Gasteiger charge is -2.09. The van der Waals surface area contributed by atoms with Crippen LogP contribution < -0.4 is 10.5 Å². The first-order chi connectivity index (χ1) is 7.30. The molecule has 0 saturated heterocycles. The van der Waals surface area contributed by atoms with Gasteiger partial charge in [0.25, 0.3) is 5.91 Å². The molecule has 0 atom stereocenters. The van der Waals surface area contributed by atoms with Crippen LogP contribution in [-0.2, 0) is 10.0 Å². The van der Waals surface area contributed by atoms with Gasteiger partial charge in [-0.05, 0) is 25.8 Å². The molecule has 0 aliphatic heterocycles. The minimum absolute atomic E-state index is 0.0126. The van der Waals surface area contributed by atoms with Gasteiger partial charge in [-0.25, -0.2) is 13.6 Å². The molecular formula is C9H12N2O3S2. The number of thiophene rings is 1. The highest BCUT2D eigenvalue weighted by Crippen LogP contribution is 2.34. The summed E-state index contributed by atoms with van der Waals surface area (Å²) in [6.07, 6.45) is 1.93. The molecule has 1 amide bonds. The second-order valence-electron chi connectivity index (χ2n) is 4.21. The van der Waals surface area contributed by atoms with Crippen molar-refractivity contribution in [2.75, 3.05) is 0 Å². The van der Waals surface area contributed by atoms with Gasteiger partial charge in [0.05, 0.1) is 5.56 Å². The quantitative estimate of drug-likeness (QED) is 0.837. The van der Waals surface area contributed by atoms with Crippen molar-refractivity contribution in [2.24, 2.45) is 5.14 Å². The van der Waals surface area contributed by atoms with E-state index in [2.05, 4.69) is 5.32 Å².